The standard InChI is InChI=1S/C10H17N3O2S/c1-2-3-7(11)8(6-14)16-10-12-5-4-9(15)13-10/h4-5,7-8,14H,2-3,6,11H2,1H3,(H,12,13,15). The molecular weight excluding hydrogens is 226 g/mol. The van der Waals surface area contributed by atoms with Gasteiger partial charge in [0.05, 0.1) is 11.9 Å². The lowest BCUT2D eigenvalue weighted by atomic mass is 10.1. The lowest BCUT2D eigenvalue weighted by Crippen LogP contribution is -2.35. The molecule has 0 aromatic carbocycles. The summed E-state index contributed by atoms with van der Waals surface area (Å²) in [5.41, 5.74) is 5.73. The van der Waals surface area contributed by atoms with Crippen LogP contribution in [0.4, 0.5) is 0 Å². The Morgan fingerprint density at radius 3 is 3.00 bits per heavy atom. The van der Waals surface area contributed by atoms with Gasteiger partial charge in [-0.1, -0.05) is 25.1 Å². The van der Waals surface area contributed by atoms with E-state index in [-0.39, 0.29) is 23.5 Å². The van der Waals surface area contributed by atoms with Crippen LogP contribution in [0.15, 0.2) is 22.2 Å². The number of nitrogens with two attached hydrogens (primary N) is 1. The second-order valence-corrected chi connectivity index (χ2v) is 4.76. The second kappa shape index (κ2) is 6.67. The highest BCUT2D eigenvalue weighted by Crippen LogP contribution is 2.21. The maximum Gasteiger partial charge on any atom is 0.251 e. The van der Waals surface area contributed by atoms with Gasteiger partial charge in [-0.05, 0) is 6.42 Å². The van der Waals surface area contributed by atoms with Crippen molar-refractivity contribution >= 4 is 11.8 Å². The van der Waals surface area contributed by atoms with E-state index in [1.807, 2.05) is 6.92 Å². The molecule has 1 rings (SSSR count). The fourth-order valence-corrected chi connectivity index (χ4v) is 2.29. The van der Waals surface area contributed by atoms with Crippen molar-refractivity contribution in [2.45, 2.75) is 36.2 Å². The van der Waals surface area contributed by atoms with Crippen LogP contribution in [0, 0.1) is 0 Å². The largest absolute Gasteiger partial charge is 0.395 e. The predicted molar refractivity (Wildman–Crippen MR) is 64.5 cm³/mol. The van der Waals surface area contributed by atoms with Gasteiger partial charge in [0.2, 0.25) is 0 Å². The molecule has 0 spiro atoms. The van der Waals surface area contributed by atoms with Gasteiger partial charge in [-0.3, -0.25) is 4.79 Å². The lowest BCUT2D eigenvalue weighted by molar-refractivity contribution is 0.279. The molecule has 0 amide bonds. The van der Waals surface area contributed by atoms with Gasteiger partial charge < -0.3 is 15.8 Å². The van der Waals surface area contributed by atoms with Gasteiger partial charge in [-0.2, -0.15) is 0 Å². The average Bonchev–Trinajstić information content (AvgIpc) is 2.26. The first-order valence-corrected chi connectivity index (χ1v) is 6.13. The summed E-state index contributed by atoms with van der Waals surface area (Å²) in [4.78, 5) is 17.7. The number of nitrogens with one attached hydrogen (secondary N) is 1. The summed E-state index contributed by atoms with van der Waals surface area (Å²) in [5, 5.41) is 9.60. The van der Waals surface area contributed by atoms with E-state index in [1.165, 1.54) is 24.0 Å². The van der Waals surface area contributed by atoms with Gasteiger partial charge in [0, 0.05) is 18.3 Å². The topological polar surface area (TPSA) is 92.0 Å². The lowest BCUT2D eigenvalue weighted by Gasteiger charge is -2.19. The van der Waals surface area contributed by atoms with Crippen molar-refractivity contribution in [1.29, 1.82) is 0 Å². The molecule has 1 aromatic rings. The molecule has 0 saturated heterocycles. The summed E-state index contributed by atoms with van der Waals surface area (Å²) in [7, 11) is 0. The Bertz CT molecular complexity index is 369. The molecule has 90 valence electrons. The number of aliphatic hydroxyl groups excluding tert-OH is 1. The Morgan fingerprint density at radius 2 is 2.44 bits per heavy atom. The molecule has 0 aliphatic heterocycles. The number of H-pyrrole nitrogens is 1. The number of thioether (sulfide) groups is 1. The normalized spacial score (nSPS) is 14.7. The van der Waals surface area contributed by atoms with E-state index in [0.717, 1.165) is 12.8 Å². The molecule has 0 radical (unpaired) electrons. The minimum atomic E-state index is -0.196. The van der Waals surface area contributed by atoms with Crippen molar-refractivity contribution in [2.75, 3.05) is 6.61 Å². The molecule has 16 heavy (non-hydrogen) atoms. The Kier molecular flexibility index (Phi) is 5.51. The molecule has 0 saturated carbocycles. The minimum Gasteiger partial charge on any atom is -0.395 e. The van der Waals surface area contributed by atoms with E-state index in [1.54, 1.807) is 0 Å². The molecule has 2 atom stereocenters. The molecule has 1 heterocycles. The van der Waals surface area contributed by atoms with E-state index in [2.05, 4.69) is 9.97 Å². The number of aromatic amines is 1. The number of aliphatic hydroxyl groups is 1. The predicted octanol–water partition coefficient (Wildman–Crippen LogP) is 0.350. The van der Waals surface area contributed by atoms with Crippen LogP contribution in [0.1, 0.15) is 19.8 Å². The smallest absolute Gasteiger partial charge is 0.251 e. The number of nitrogens with zero attached hydrogens (tertiary/aromatic N) is 1. The number of hydrogen-bond acceptors (Lipinski definition) is 5. The van der Waals surface area contributed by atoms with Crippen molar-refractivity contribution in [3.8, 4) is 0 Å². The van der Waals surface area contributed by atoms with E-state index < -0.39 is 0 Å². The summed E-state index contributed by atoms with van der Waals surface area (Å²) in [6.45, 7) is 2.02. The molecule has 0 aliphatic carbocycles. The molecule has 4 N–H and O–H groups in total. The Balaban J connectivity index is 2.66. The fourth-order valence-electron chi connectivity index (χ4n) is 1.33. The van der Waals surface area contributed by atoms with Gasteiger partial charge >= 0.3 is 0 Å². The zero-order valence-electron chi connectivity index (χ0n) is 9.22. The van der Waals surface area contributed by atoms with Gasteiger partial charge in [0.1, 0.15) is 0 Å². The SMILES string of the molecule is CCCC(N)C(CO)Sc1nccc(=O)[nH]1. The molecule has 0 bridgehead atoms. The van der Waals surface area contributed by atoms with Crippen molar-refractivity contribution in [1.82, 2.24) is 9.97 Å². The van der Waals surface area contributed by atoms with Crippen LogP contribution in [0.3, 0.4) is 0 Å². The molecule has 6 heteroatoms. The van der Waals surface area contributed by atoms with Gasteiger partial charge in [-0.15, -0.1) is 0 Å². The highest BCUT2D eigenvalue weighted by molar-refractivity contribution is 7.99. The van der Waals surface area contributed by atoms with Gasteiger partial charge in [0.15, 0.2) is 5.16 Å². The third-order valence-corrected chi connectivity index (χ3v) is 3.42. The number of aromatic nitrogens is 2. The quantitative estimate of drug-likeness (QED) is 0.495. The summed E-state index contributed by atoms with van der Waals surface area (Å²) in [6, 6.07) is 1.26. The van der Waals surface area contributed by atoms with Crippen LogP contribution in [0.2, 0.25) is 0 Å². The van der Waals surface area contributed by atoms with Crippen molar-refractivity contribution in [2.24, 2.45) is 5.73 Å². The summed E-state index contributed by atoms with van der Waals surface area (Å²) in [5.74, 6) is 0. The Labute approximate surface area is 98.5 Å². The molecule has 0 fully saturated rings. The Hall–Kier alpha value is -0.850. The van der Waals surface area contributed by atoms with Crippen molar-refractivity contribution in [3.05, 3.63) is 22.6 Å². The minimum absolute atomic E-state index is 0.0234. The fraction of sp³-hybridized carbons (Fsp3) is 0.600. The maximum atomic E-state index is 11.1. The van der Waals surface area contributed by atoms with Crippen LogP contribution in [-0.4, -0.2) is 33.0 Å². The maximum absolute atomic E-state index is 11.1. The first-order chi connectivity index (χ1) is 7.67. The highest BCUT2D eigenvalue weighted by atomic mass is 32.2. The summed E-state index contributed by atoms with van der Waals surface area (Å²) < 4.78 is 0. The van der Waals surface area contributed by atoms with Gasteiger partial charge in [0.25, 0.3) is 5.56 Å². The monoisotopic (exact) mass is 243 g/mol. The van der Waals surface area contributed by atoms with E-state index in [9.17, 15) is 9.90 Å². The average molecular weight is 243 g/mol. The second-order valence-electron chi connectivity index (χ2n) is 3.53. The zero-order chi connectivity index (χ0) is 12.0. The highest BCUT2D eigenvalue weighted by Gasteiger charge is 2.18. The van der Waals surface area contributed by atoms with Crippen LogP contribution < -0.4 is 11.3 Å². The first kappa shape index (κ1) is 13.2. The third-order valence-electron chi connectivity index (χ3n) is 2.19. The van der Waals surface area contributed by atoms with Crippen LogP contribution in [0.5, 0.6) is 0 Å². The Morgan fingerprint density at radius 1 is 1.69 bits per heavy atom. The molecular formula is C10H17N3O2S. The van der Waals surface area contributed by atoms with E-state index >= 15 is 0 Å². The molecule has 1 aromatic heterocycles. The van der Waals surface area contributed by atoms with Gasteiger partial charge in [-0.25, -0.2) is 4.98 Å². The summed E-state index contributed by atoms with van der Waals surface area (Å²) >= 11 is 1.31. The zero-order valence-corrected chi connectivity index (χ0v) is 10.0. The van der Waals surface area contributed by atoms with Crippen molar-refractivity contribution in [3.63, 3.8) is 0 Å². The van der Waals surface area contributed by atoms with E-state index in [0.29, 0.717) is 5.16 Å². The van der Waals surface area contributed by atoms with E-state index in [4.69, 9.17) is 5.73 Å². The van der Waals surface area contributed by atoms with Crippen molar-refractivity contribution < 1.29 is 5.11 Å². The third kappa shape index (κ3) is 3.96. The first-order valence-electron chi connectivity index (χ1n) is 5.25. The van der Waals surface area contributed by atoms with Crippen LogP contribution >= 0.6 is 11.8 Å². The molecule has 2 unspecified atom stereocenters. The van der Waals surface area contributed by atoms with Crippen LogP contribution in [-0.2, 0) is 0 Å². The molecule has 0 aliphatic rings. The van der Waals surface area contributed by atoms with Crippen LogP contribution in [0.25, 0.3) is 0 Å². The number of rotatable bonds is 6. The molecule has 5 nitrogen and oxygen atoms in total. The number of hydrogen-bond donors (Lipinski definition) is 3. The summed E-state index contributed by atoms with van der Waals surface area (Å²) in [6.07, 6.45) is 3.26.